The van der Waals surface area contributed by atoms with Crippen LogP contribution in [-0.2, 0) is 11.2 Å². The van der Waals surface area contributed by atoms with Gasteiger partial charge in [0, 0.05) is 38.8 Å². The first-order chi connectivity index (χ1) is 12.0. The van der Waals surface area contributed by atoms with E-state index in [1.165, 1.54) is 12.1 Å². The number of hydrogen-bond acceptors (Lipinski definition) is 3. The summed E-state index contributed by atoms with van der Waals surface area (Å²) in [4.78, 5) is 16.8. The van der Waals surface area contributed by atoms with Gasteiger partial charge in [-0.15, -0.1) is 0 Å². The molecule has 0 aromatic heterocycles. The van der Waals surface area contributed by atoms with E-state index in [9.17, 15) is 9.18 Å². The first-order valence-corrected chi connectivity index (χ1v) is 9.14. The minimum absolute atomic E-state index is 0.00220. The van der Waals surface area contributed by atoms with Crippen molar-refractivity contribution in [1.29, 1.82) is 0 Å². The highest BCUT2D eigenvalue weighted by Gasteiger charge is 2.36. The van der Waals surface area contributed by atoms with Crippen LogP contribution in [0.5, 0.6) is 0 Å². The molecular formula is C19H28FN3O2. The number of amides is 2. The fourth-order valence-electron chi connectivity index (χ4n) is 3.86. The molecule has 2 fully saturated rings. The monoisotopic (exact) mass is 349 g/mol. The van der Waals surface area contributed by atoms with Crippen molar-refractivity contribution in [3.8, 4) is 0 Å². The topological polar surface area (TPSA) is 44.8 Å². The highest BCUT2D eigenvalue weighted by Crippen LogP contribution is 2.22. The van der Waals surface area contributed by atoms with Crippen LogP contribution in [0.2, 0.25) is 0 Å². The molecule has 5 nitrogen and oxygen atoms in total. The Morgan fingerprint density at radius 1 is 1.32 bits per heavy atom. The Balaban J connectivity index is 1.47. The van der Waals surface area contributed by atoms with Gasteiger partial charge in [0.1, 0.15) is 5.82 Å². The molecule has 2 aliphatic heterocycles. The first-order valence-electron chi connectivity index (χ1n) is 9.14. The molecule has 2 heterocycles. The summed E-state index contributed by atoms with van der Waals surface area (Å²) in [5.41, 5.74) is 2.00. The molecule has 2 amide bonds. The number of ether oxygens (including phenoxy) is 1. The Morgan fingerprint density at radius 2 is 2.08 bits per heavy atom. The molecule has 0 spiro atoms. The second kappa shape index (κ2) is 8.15. The van der Waals surface area contributed by atoms with Crippen molar-refractivity contribution in [2.24, 2.45) is 5.92 Å². The fourth-order valence-corrected chi connectivity index (χ4v) is 3.86. The molecule has 0 unspecified atom stereocenters. The van der Waals surface area contributed by atoms with Gasteiger partial charge in [-0.1, -0.05) is 13.0 Å². The predicted octanol–water partition coefficient (Wildman–Crippen LogP) is 2.04. The average Bonchev–Trinajstić information content (AvgIpc) is 2.99. The van der Waals surface area contributed by atoms with Gasteiger partial charge in [0.2, 0.25) is 0 Å². The van der Waals surface area contributed by atoms with Crippen LogP contribution in [0.1, 0.15) is 18.1 Å². The van der Waals surface area contributed by atoms with Gasteiger partial charge in [0.15, 0.2) is 0 Å². The van der Waals surface area contributed by atoms with Crippen molar-refractivity contribution in [3.63, 3.8) is 0 Å². The smallest absolute Gasteiger partial charge is 0.317 e. The lowest BCUT2D eigenvalue weighted by Crippen LogP contribution is -2.47. The maximum Gasteiger partial charge on any atom is 0.317 e. The van der Waals surface area contributed by atoms with E-state index in [1.807, 2.05) is 11.8 Å². The number of morpholine rings is 1. The van der Waals surface area contributed by atoms with E-state index >= 15 is 0 Å². The van der Waals surface area contributed by atoms with Crippen molar-refractivity contribution in [2.45, 2.75) is 26.3 Å². The van der Waals surface area contributed by atoms with E-state index in [0.717, 1.165) is 50.5 Å². The van der Waals surface area contributed by atoms with Crippen molar-refractivity contribution in [3.05, 3.63) is 35.1 Å². The molecule has 1 aromatic rings. The van der Waals surface area contributed by atoms with Crippen LogP contribution in [0.25, 0.3) is 0 Å². The fraction of sp³-hybridized carbons (Fsp3) is 0.632. The van der Waals surface area contributed by atoms with Gasteiger partial charge >= 0.3 is 6.03 Å². The van der Waals surface area contributed by atoms with Crippen LogP contribution >= 0.6 is 0 Å². The number of carbonyl (C=O) groups excluding carboxylic acids is 1. The van der Waals surface area contributed by atoms with E-state index < -0.39 is 0 Å². The molecule has 2 saturated heterocycles. The molecule has 0 saturated carbocycles. The molecule has 0 radical (unpaired) electrons. The Morgan fingerprint density at radius 3 is 2.80 bits per heavy atom. The number of benzene rings is 1. The second-order valence-corrected chi connectivity index (χ2v) is 7.15. The lowest BCUT2D eigenvalue weighted by Gasteiger charge is -2.33. The Bertz CT molecular complexity index is 604. The average molecular weight is 349 g/mol. The van der Waals surface area contributed by atoms with Crippen LogP contribution in [0, 0.1) is 18.7 Å². The Labute approximate surface area is 149 Å². The molecule has 2 atom stereocenters. The van der Waals surface area contributed by atoms with Gasteiger partial charge in [-0.2, -0.15) is 0 Å². The Hall–Kier alpha value is -1.66. The number of carbonyl (C=O) groups is 1. The molecule has 25 heavy (non-hydrogen) atoms. The van der Waals surface area contributed by atoms with Crippen LogP contribution in [0.4, 0.5) is 9.18 Å². The zero-order chi connectivity index (χ0) is 17.8. The van der Waals surface area contributed by atoms with E-state index in [2.05, 4.69) is 17.1 Å². The van der Waals surface area contributed by atoms with Gasteiger partial charge in [-0.25, -0.2) is 9.18 Å². The summed E-state index contributed by atoms with van der Waals surface area (Å²) in [5, 5.41) is 3.01. The molecule has 2 aliphatic rings. The van der Waals surface area contributed by atoms with Gasteiger partial charge < -0.3 is 15.0 Å². The lowest BCUT2D eigenvalue weighted by molar-refractivity contribution is 0.0123. The lowest BCUT2D eigenvalue weighted by atomic mass is 10.0. The third kappa shape index (κ3) is 4.50. The van der Waals surface area contributed by atoms with E-state index in [1.54, 1.807) is 6.07 Å². The van der Waals surface area contributed by atoms with Crippen LogP contribution in [-0.4, -0.2) is 67.8 Å². The van der Waals surface area contributed by atoms with Crippen molar-refractivity contribution >= 4 is 6.03 Å². The van der Waals surface area contributed by atoms with Crippen LogP contribution in [0.15, 0.2) is 18.2 Å². The SMILES string of the molecule is Cc1cc(F)ccc1CCNC(=O)N1C[C@@H](N2CCOCC2)[C@@H](C)C1. The summed E-state index contributed by atoms with van der Waals surface area (Å²) in [6.07, 6.45) is 0.716. The Kier molecular flexibility index (Phi) is 5.91. The second-order valence-electron chi connectivity index (χ2n) is 7.15. The van der Waals surface area contributed by atoms with Crippen molar-refractivity contribution in [1.82, 2.24) is 15.1 Å². The summed E-state index contributed by atoms with van der Waals surface area (Å²) in [6, 6.07) is 5.23. The molecule has 0 aliphatic carbocycles. The third-order valence-electron chi connectivity index (χ3n) is 5.35. The third-order valence-corrected chi connectivity index (χ3v) is 5.35. The first kappa shape index (κ1) is 18.1. The number of urea groups is 1. The standard InChI is InChI=1S/C19H28FN3O2/c1-14-11-17(20)4-3-16(14)5-6-21-19(24)23-12-15(2)18(13-23)22-7-9-25-10-8-22/h3-4,11,15,18H,5-10,12-13H2,1-2H3,(H,21,24)/t15-,18+/m0/s1. The van der Waals surface area contributed by atoms with E-state index in [4.69, 9.17) is 4.74 Å². The number of hydrogen-bond donors (Lipinski definition) is 1. The zero-order valence-electron chi connectivity index (χ0n) is 15.1. The number of nitrogens with zero attached hydrogens (tertiary/aromatic N) is 2. The van der Waals surface area contributed by atoms with Crippen LogP contribution < -0.4 is 5.32 Å². The summed E-state index contributed by atoms with van der Waals surface area (Å²) in [7, 11) is 0. The summed E-state index contributed by atoms with van der Waals surface area (Å²) in [6.45, 7) is 9.73. The summed E-state index contributed by atoms with van der Waals surface area (Å²) >= 11 is 0. The molecule has 3 rings (SSSR count). The molecular weight excluding hydrogens is 321 g/mol. The maximum atomic E-state index is 13.1. The summed E-state index contributed by atoms with van der Waals surface area (Å²) < 4.78 is 18.6. The predicted molar refractivity (Wildman–Crippen MR) is 95.2 cm³/mol. The zero-order valence-corrected chi connectivity index (χ0v) is 15.1. The van der Waals surface area contributed by atoms with Crippen molar-refractivity contribution in [2.75, 3.05) is 45.9 Å². The number of halogens is 1. The quantitative estimate of drug-likeness (QED) is 0.905. The number of nitrogens with one attached hydrogen (secondary N) is 1. The highest BCUT2D eigenvalue weighted by molar-refractivity contribution is 5.74. The van der Waals surface area contributed by atoms with Gasteiger partial charge in [-0.3, -0.25) is 4.90 Å². The van der Waals surface area contributed by atoms with Gasteiger partial charge in [0.05, 0.1) is 13.2 Å². The number of aryl methyl sites for hydroxylation is 1. The minimum atomic E-state index is -0.217. The van der Waals surface area contributed by atoms with E-state index in [-0.39, 0.29) is 11.8 Å². The molecule has 1 aromatic carbocycles. The molecule has 1 N–H and O–H groups in total. The largest absolute Gasteiger partial charge is 0.379 e. The highest BCUT2D eigenvalue weighted by atomic mass is 19.1. The molecule has 6 heteroatoms. The molecule has 138 valence electrons. The van der Waals surface area contributed by atoms with Gasteiger partial charge in [-0.05, 0) is 42.5 Å². The van der Waals surface area contributed by atoms with Crippen molar-refractivity contribution < 1.29 is 13.9 Å². The van der Waals surface area contributed by atoms with Gasteiger partial charge in [0.25, 0.3) is 0 Å². The molecule has 0 bridgehead atoms. The van der Waals surface area contributed by atoms with Crippen LogP contribution in [0.3, 0.4) is 0 Å². The number of rotatable bonds is 4. The normalized spacial score (nSPS) is 24.5. The minimum Gasteiger partial charge on any atom is -0.379 e. The van der Waals surface area contributed by atoms with E-state index in [0.29, 0.717) is 24.9 Å². The summed E-state index contributed by atoms with van der Waals surface area (Å²) in [5.74, 6) is 0.258. The maximum absolute atomic E-state index is 13.1. The number of likely N-dealkylation sites (tertiary alicyclic amines) is 1.